The molecule has 0 amide bonds. The number of piperidine rings is 1. The molecule has 2 saturated heterocycles. The van der Waals surface area contributed by atoms with Gasteiger partial charge in [0.05, 0.1) is 5.69 Å². The minimum atomic E-state index is 0.589. The van der Waals surface area contributed by atoms with E-state index in [-0.39, 0.29) is 0 Å². The summed E-state index contributed by atoms with van der Waals surface area (Å²) in [6.45, 7) is 6.95. The first-order valence-electron chi connectivity index (χ1n) is 8.12. The molecule has 3 rings (SSSR count). The summed E-state index contributed by atoms with van der Waals surface area (Å²) in [5.41, 5.74) is 2.68. The predicted molar refractivity (Wildman–Crippen MR) is 92.9 cm³/mol. The van der Waals surface area contributed by atoms with Gasteiger partial charge in [0.1, 0.15) is 0 Å². The van der Waals surface area contributed by atoms with Crippen LogP contribution in [0.25, 0.3) is 0 Å². The van der Waals surface area contributed by atoms with E-state index < -0.39 is 0 Å². The second-order valence-electron chi connectivity index (χ2n) is 6.46. The minimum absolute atomic E-state index is 0.589. The van der Waals surface area contributed by atoms with Gasteiger partial charge in [0.2, 0.25) is 0 Å². The summed E-state index contributed by atoms with van der Waals surface area (Å²) >= 11 is 3.79. The van der Waals surface area contributed by atoms with Crippen molar-refractivity contribution in [3.63, 3.8) is 0 Å². The van der Waals surface area contributed by atoms with Crippen LogP contribution in [0.2, 0.25) is 0 Å². The summed E-state index contributed by atoms with van der Waals surface area (Å²) in [7, 11) is 1.99. The van der Waals surface area contributed by atoms with Gasteiger partial charge in [-0.2, -0.15) is 0 Å². The maximum absolute atomic E-state index is 3.79. The first-order chi connectivity index (χ1) is 10.2. The van der Waals surface area contributed by atoms with E-state index in [4.69, 9.17) is 0 Å². The summed E-state index contributed by atoms with van der Waals surface area (Å²) in [5.74, 6) is 0. The van der Waals surface area contributed by atoms with Crippen LogP contribution in [0.5, 0.6) is 0 Å². The molecule has 0 radical (unpaired) electrons. The molecule has 2 atom stereocenters. The number of rotatable bonds is 3. The van der Waals surface area contributed by atoms with E-state index >= 15 is 0 Å². The van der Waals surface area contributed by atoms with E-state index in [0.717, 1.165) is 12.6 Å². The molecule has 2 unspecified atom stereocenters. The predicted octanol–water partition coefficient (Wildman–Crippen LogP) is 3.23. The highest BCUT2D eigenvalue weighted by atomic mass is 79.9. The summed E-state index contributed by atoms with van der Waals surface area (Å²) in [4.78, 5) is 5.30. The molecule has 0 aromatic heterocycles. The largest absolute Gasteiger partial charge is 0.365 e. The Morgan fingerprint density at radius 2 is 2.14 bits per heavy atom. The first-order valence-corrected chi connectivity index (χ1v) is 8.92. The van der Waals surface area contributed by atoms with Crippen LogP contribution in [0.4, 0.5) is 5.69 Å². The van der Waals surface area contributed by atoms with Gasteiger partial charge in [-0.25, -0.2) is 0 Å². The van der Waals surface area contributed by atoms with Gasteiger partial charge < -0.3 is 10.2 Å². The molecule has 2 heterocycles. The quantitative estimate of drug-likeness (QED) is 0.901. The summed E-state index contributed by atoms with van der Waals surface area (Å²) in [6, 6.07) is 8.12. The third-order valence-corrected chi connectivity index (χ3v) is 5.52. The van der Waals surface area contributed by atoms with E-state index in [1.54, 1.807) is 0 Å². The molecule has 4 heteroatoms. The molecule has 0 saturated carbocycles. The lowest BCUT2D eigenvalue weighted by Crippen LogP contribution is -2.58. The molecule has 3 nitrogen and oxygen atoms in total. The van der Waals surface area contributed by atoms with E-state index in [2.05, 4.69) is 56.2 Å². The third-order valence-electron chi connectivity index (χ3n) is 4.89. The highest BCUT2D eigenvalue weighted by Crippen LogP contribution is 2.33. The van der Waals surface area contributed by atoms with Gasteiger partial charge in [-0.1, -0.05) is 12.5 Å². The second kappa shape index (κ2) is 6.67. The van der Waals surface area contributed by atoms with Crippen LogP contribution in [0.3, 0.4) is 0 Å². The fraction of sp³-hybridized carbons (Fsp3) is 0.647. The normalized spacial score (nSPS) is 26.7. The molecule has 116 valence electrons. The lowest BCUT2D eigenvalue weighted by Gasteiger charge is -2.48. The number of fused-ring (bicyclic) bond motifs is 1. The number of piperazine rings is 1. The van der Waals surface area contributed by atoms with Gasteiger partial charge in [-0.15, -0.1) is 0 Å². The van der Waals surface area contributed by atoms with Crippen LogP contribution in [0.15, 0.2) is 22.7 Å². The number of hydrogen-bond donors (Lipinski definition) is 1. The van der Waals surface area contributed by atoms with Crippen molar-refractivity contribution in [3.8, 4) is 0 Å². The average Bonchev–Trinajstić information content (AvgIpc) is 2.47. The second-order valence-corrected chi connectivity index (χ2v) is 7.32. The van der Waals surface area contributed by atoms with Gasteiger partial charge in [-0.05, 0) is 67.0 Å². The number of halogens is 1. The average molecular weight is 352 g/mol. The maximum Gasteiger partial charge on any atom is 0.0514 e. The van der Waals surface area contributed by atoms with Gasteiger partial charge in [0.25, 0.3) is 0 Å². The molecule has 1 aromatic rings. The Balaban J connectivity index is 1.79. The van der Waals surface area contributed by atoms with Gasteiger partial charge in [0, 0.05) is 36.2 Å². The van der Waals surface area contributed by atoms with E-state index in [1.807, 2.05) is 7.05 Å². The number of nitrogens with one attached hydrogen (secondary N) is 1. The molecule has 1 aromatic carbocycles. The molecule has 2 aliphatic rings. The van der Waals surface area contributed by atoms with Crippen LogP contribution in [-0.2, 0) is 6.54 Å². The molecule has 0 aliphatic carbocycles. The monoisotopic (exact) mass is 351 g/mol. The van der Waals surface area contributed by atoms with E-state index in [9.17, 15) is 0 Å². The molecule has 2 aliphatic heterocycles. The van der Waals surface area contributed by atoms with Crippen molar-refractivity contribution < 1.29 is 0 Å². The maximum atomic E-state index is 3.79. The van der Waals surface area contributed by atoms with Crippen molar-refractivity contribution >= 4 is 21.6 Å². The minimum Gasteiger partial charge on any atom is -0.365 e. The summed E-state index contributed by atoms with van der Waals surface area (Å²) in [5, 5.41) is 3.22. The zero-order valence-corrected chi connectivity index (χ0v) is 14.7. The van der Waals surface area contributed by atoms with Crippen LogP contribution >= 0.6 is 15.9 Å². The lowest BCUT2D eigenvalue weighted by atomic mass is 9.96. The molecule has 0 bridgehead atoms. The van der Waals surface area contributed by atoms with Gasteiger partial charge in [-0.3, -0.25) is 4.90 Å². The molecular formula is C17H26BrN3. The lowest BCUT2D eigenvalue weighted by molar-refractivity contribution is 0.115. The Morgan fingerprint density at radius 1 is 1.29 bits per heavy atom. The summed E-state index contributed by atoms with van der Waals surface area (Å²) < 4.78 is 1.23. The highest BCUT2D eigenvalue weighted by Gasteiger charge is 2.33. The van der Waals surface area contributed by atoms with Crippen molar-refractivity contribution in [2.24, 2.45) is 0 Å². The molecule has 21 heavy (non-hydrogen) atoms. The fourth-order valence-electron chi connectivity index (χ4n) is 3.79. The molecular weight excluding hydrogens is 326 g/mol. The smallest absolute Gasteiger partial charge is 0.0514 e. The van der Waals surface area contributed by atoms with Gasteiger partial charge >= 0.3 is 0 Å². The number of nitrogens with zero attached hydrogens (tertiary/aromatic N) is 2. The zero-order chi connectivity index (χ0) is 14.8. The van der Waals surface area contributed by atoms with Crippen LogP contribution in [-0.4, -0.2) is 43.7 Å². The third kappa shape index (κ3) is 3.27. The Hall–Kier alpha value is -0.580. The van der Waals surface area contributed by atoms with Crippen LogP contribution in [0, 0.1) is 0 Å². The topological polar surface area (TPSA) is 18.5 Å². The van der Waals surface area contributed by atoms with Crippen molar-refractivity contribution in [1.82, 2.24) is 10.2 Å². The fourth-order valence-corrected chi connectivity index (χ4v) is 4.44. The molecule has 0 spiro atoms. The van der Waals surface area contributed by atoms with Crippen molar-refractivity contribution in [2.75, 3.05) is 31.6 Å². The first kappa shape index (κ1) is 15.3. The van der Waals surface area contributed by atoms with E-state index in [0.29, 0.717) is 6.04 Å². The van der Waals surface area contributed by atoms with Crippen molar-refractivity contribution in [2.45, 2.75) is 44.8 Å². The number of benzene rings is 1. The SMILES string of the molecule is CNCc1ccc(N2CC3CCCCN3CC2C)c(Br)c1. The van der Waals surface area contributed by atoms with Crippen molar-refractivity contribution in [1.29, 1.82) is 0 Å². The molecule has 2 fully saturated rings. The van der Waals surface area contributed by atoms with Crippen LogP contribution in [0.1, 0.15) is 31.7 Å². The zero-order valence-electron chi connectivity index (χ0n) is 13.1. The number of hydrogen-bond acceptors (Lipinski definition) is 3. The standard InChI is InChI=1S/C17H26BrN3/c1-13-11-20-8-4-3-5-15(20)12-21(13)17-7-6-14(10-19-2)9-16(17)18/h6-7,9,13,15,19H,3-5,8,10-12H2,1-2H3. The Morgan fingerprint density at radius 3 is 2.90 bits per heavy atom. The highest BCUT2D eigenvalue weighted by molar-refractivity contribution is 9.10. The Bertz CT molecular complexity index is 491. The Labute approximate surface area is 136 Å². The summed E-state index contributed by atoms with van der Waals surface area (Å²) in [6.07, 6.45) is 4.13. The Kier molecular flexibility index (Phi) is 4.87. The van der Waals surface area contributed by atoms with Crippen molar-refractivity contribution in [3.05, 3.63) is 28.2 Å². The van der Waals surface area contributed by atoms with Crippen LogP contribution < -0.4 is 10.2 Å². The van der Waals surface area contributed by atoms with E-state index in [1.165, 1.54) is 54.6 Å². The van der Waals surface area contributed by atoms with Gasteiger partial charge in [0.15, 0.2) is 0 Å². The molecule has 1 N–H and O–H groups in total. The number of anilines is 1.